The molecule has 1 aromatic carbocycles. The van der Waals surface area contributed by atoms with Crippen molar-refractivity contribution in [2.75, 3.05) is 56.2 Å². The summed E-state index contributed by atoms with van der Waals surface area (Å²) in [6, 6.07) is 9.21. The van der Waals surface area contributed by atoms with E-state index in [1.807, 2.05) is 0 Å². The van der Waals surface area contributed by atoms with Gasteiger partial charge in [0.15, 0.2) is 0 Å². The summed E-state index contributed by atoms with van der Waals surface area (Å²) in [6.45, 7) is 12.0. The lowest BCUT2D eigenvalue weighted by Crippen LogP contribution is -2.58. The molecule has 4 aliphatic rings. The van der Waals surface area contributed by atoms with Gasteiger partial charge in [-0.2, -0.15) is 0 Å². The molecule has 6 heteroatoms. The number of fused-ring (bicyclic) bond motifs is 1. The van der Waals surface area contributed by atoms with Crippen LogP contribution in [-0.2, 0) is 4.74 Å². The Bertz CT molecular complexity index is 787. The molecule has 0 bridgehead atoms. The molecule has 1 atom stereocenters. The number of benzene rings is 1. The molecule has 1 fully saturated rings. The number of anilines is 2. The van der Waals surface area contributed by atoms with Crippen molar-refractivity contribution in [3.63, 3.8) is 0 Å². The molecule has 1 N–H and O–H groups in total. The van der Waals surface area contributed by atoms with Crippen LogP contribution in [-0.4, -0.2) is 68.6 Å². The van der Waals surface area contributed by atoms with Crippen molar-refractivity contribution in [1.82, 2.24) is 15.3 Å². The van der Waals surface area contributed by atoms with Crippen LogP contribution in [0.2, 0.25) is 0 Å². The fourth-order valence-electron chi connectivity index (χ4n) is 4.66. The highest BCUT2D eigenvalue weighted by Gasteiger charge is 2.43. The molecular formula is C21H29N5O. The van der Waals surface area contributed by atoms with Crippen molar-refractivity contribution >= 4 is 11.4 Å². The number of hydrogen-bond acceptors (Lipinski definition) is 6. The molecule has 0 amide bonds. The third kappa shape index (κ3) is 2.70. The number of rotatable bonds is 3. The molecule has 1 unspecified atom stereocenters. The summed E-state index contributed by atoms with van der Waals surface area (Å²) >= 11 is 0. The molecule has 5 rings (SSSR count). The summed E-state index contributed by atoms with van der Waals surface area (Å²) in [5.41, 5.74) is 10.6. The molecule has 144 valence electrons. The second-order valence-corrected chi connectivity index (χ2v) is 8.08. The number of nitrogens with one attached hydrogen (secondary N) is 1. The normalized spacial score (nSPS) is 25.5. The van der Waals surface area contributed by atoms with Crippen LogP contribution in [0.5, 0.6) is 0 Å². The zero-order valence-corrected chi connectivity index (χ0v) is 16.3. The zero-order valence-electron chi connectivity index (χ0n) is 16.3. The van der Waals surface area contributed by atoms with Gasteiger partial charge in [0.2, 0.25) is 0 Å². The predicted molar refractivity (Wildman–Crippen MR) is 108 cm³/mol. The summed E-state index contributed by atoms with van der Waals surface area (Å²) in [7, 11) is 2.18. The average Bonchev–Trinajstić information content (AvgIpc) is 2.99. The maximum absolute atomic E-state index is 5.49. The van der Waals surface area contributed by atoms with E-state index in [9.17, 15) is 0 Å². The van der Waals surface area contributed by atoms with E-state index < -0.39 is 0 Å². The molecule has 0 radical (unpaired) electrons. The van der Waals surface area contributed by atoms with E-state index in [1.165, 1.54) is 22.6 Å². The summed E-state index contributed by atoms with van der Waals surface area (Å²) < 4.78 is 5.49. The molecule has 6 nitrogen and oxygen atoms in total. The molecule has 0 aliphatic carbocycles. The van der Waals surface area contributed by atoms with E-state index in [-0.39, 0.29) is 6.17 Å². The summed E-state index contributed by atoms with van der Waals surface area (Å²) in [6.07, 6.45) is 1.27. The number of para-hydroxylation sites is 2. The third-order valence-electron chi connectivity index (χ3n) is 6.35. The molecule has 4 aliphatic heterocycles. The third-order valence-corrected chi connectivity index (χ3v) is 6.35. The Morgan fingerprint density at radius 2 is 1.93 bits per heavy atom. The van der Waals surface area contributed by atoms with Crippen molar-refractivity contribution in [2.24, 2.45) is 0 Å². The predicted octanol–water partition coefficient (Wildman–Crippen LogP) is 1.98. The lowest BCUT2D eigenvalue weighted by atomic mass is 10.0. The Balaban J connectivity index is 1.51. The van der Waals surface area contributed by atoms with Gasteiger partial charge >= 0.3 is 0 Å². The molecule has 0 saturated carbocycles. The van der Waals surface area contributed by atoms with Crippen LogP contribution < -0.4 is 15.2 Å². The smallest absolute Gasteiger partial charge is 0.123 e. The zero-order chi connectivity index (χ0) is 18.5. The number of nitrogens with zero attached hydrogens (tertiary/aromatic N) is 4. The lowest BCUT2D eigenvalue weighted by Gasteiger charge is -2.42. The lowest BCUT2D eigenvalue weighted by molar-refractivity contribution is -0.0685. The van der Waals surface area contributed by atoms with E-state index >= 15 is 0 Å². The van der Waals surface area contributed by atoms with Crippen LogP contribution >= 0.6 is 0 Å². The Kier molecular flexibility index (Phi) is 4.06. The van der Waals surface area contributed by atoms with Crippen molar-refractivity contribution in [1.29, 1.82) is 0 Å². The van der Waals surface area contributed by atoms with Crippen molar-refractivity contribution in [3.8, 4) is 0 Å². The van der Waals surface area contributed by atoms with Gasteiger partial charge in [-0.1, -0.05) is 18.7 Å². The van der Waals surface area contributed by atoms with Gasteiger partial charge in [0.1, 0.15) is 6.17 Å². The second-order valence-electron chi connectivity index (χ2n) is 8.08. The first-order valence-electron chi connectivity index (χ1n) is 9.96. The Morgan fingerprint density at radius 1 is 1.15 bits per heavy atom. The number of hydrazine groups is 1. The monoisotopic (exact) mass is 367 g/mol. The first-order chi connectivity index (χ1) is 13.1. The van der Waals surface area contributed by atoms with Gasteiger partial charge in [-0.3, -0.25) is 0 Å². The largest absolute Gasteiger partial charge is 0.377 e. The van der Waals surface area contributed by atoms with E-state index in [4.69, 9.17) is 4.74 Å². The van der Waals surface area contributed by atoms with Crippen molar-refractivity contribution in [2.45, 2.75) is 25.6 Å². The number of hydrogen-bond donors (Lipinski definition) is 1. The minimum Gasteiger partial charge on any atom is -0.377 e. The van der Waals surface area contributed by atoms with Crippen LogP contribution in [0.1, 0.15) is 13.3 Å². The van der Waals surface area contributed by atoms with E-state index in [2.05, 4.69) is 70.0 Å². The number of likely N-dealkylation sites (N-methyl/N-ethyl adjacent to an activating group) is 1. The van der Waals surface area contributed by atoms with Crippen LogP contribution in [0.4, 0.5) is 11.4 Å². The number of ether oxygens (including phenoxy) is 1. The van der Waals surface area contributed by atoms with Gasteiger partial charge in [-0.05, 0) is 19.1 Å². The SMILES string of the molecule is C=C(C)N1CCC2=C(C1)C(N1CCN(C)c3ccccc31)NN2C1COC1. The van der Waals surface area contributed by atoms with E-state index in [1.54, 1.807) is 0 Å². The first-order valence-corrected chi connectivity index (χ1v) is 9.96. The molecule has 27 heavy (non-hydrogen) atoms. The van der Waals surface area contributed by atoms with Crippen LogP contribution in [0.25, 0.3) is 0 Å². The van der Waals surface area contributed by atoms with Gasteiger partial charge in [0, 0.05) is 56.6 Å². The van der Waals surface area contributed by atoms with Crippen LogP contribution in [0.3, 0.4) is 0 Å². The standard InChI is InChI=1S/C21H29N5O/c1-15(2)24-9-8-18-17(12-24)21(22-26(18)16-13-27-14-16)25-11-10-23(3)19-6-4-5-7-20(19)25/h4-7,16,21-22H,1,8-14H2,2-3H3. The van der Waals surface area contributed by atoms with E-state index in [0.29, 0.717) is 6.04 Å². The highest BCUT2D eigenvalue weighted by Crippen LogP contribution is 2.39. The Hall–Kier alpha value is -2.18. The van der Waals surface area contributed by atoms with Gasteiger partial charge in [0.25, 0.3) is 0 Å². The highest BCUT2D eigenvalue weighted by molar-refractivity contribution is 5.74. The average molecular weight is 367 g/mol. The molecule has 1 saturated heterocycles. The van der Waals surface area contributed by atoms with Crippen molar-refractivity contribution < 1.29 is 4.74 Å². The molecule has 1 aromatic rings. The maximum atomic E-state index is 5.49. The fourth-order valence-corrected chi connectivity index (χ4v) is 4.66. The summed E-state index contributed by atoms with van der Waals surface area (Å²) in [5, 5.41) is 2.42. The molecular weight excluding hydrogens is 338 g/mol. The molecule has 0 spiro atoms. The summed E-state index contributed by atoms with van der Waals surface area (Å²) in [5.74, 6) is 0. The van der Waals surface area contributed by atoms with Crippen LogP contribution in [0, 0.1) is 0 Å². The first kappa shape index (κ1) is 17.0. The second kappa shape index (κ2) is 6.46. The molecule has 0 aromatic heterocycles. The topological polar surface area (TPSA) is 34.2 Å². The van der Waals surface area contributed by atoms with Crippen molar-refractivity contribution in [3.05, 3.63) is 47.8 Å². The molecule has 4 heterocycles. The highest BCUT2D eigenvalue weighted by atomic mass is 16.5. The maximum Gasteiger partial charge on any atom is 0.123 e. The summed E-state index contributed by atoms with van der Waals surface area (Å²) in [4.78, 5) is 7.32. The van der Waals surface area contributed by atoms with E-state index in [0.717, 1.165) is 51.5 Å². The minimum atomic E-state index is 0.206. The van der Waals surface area contributed by atoms with Crippen LogP contribution in [0.15, 0.2) is 47.8 Å². The van der Waals surface area contributed by atoms with Gasteiger partial charge < -0.3 is 24.4 Å². The minimum absolute atomic E-state index is 0.206. The Morgan fingerprint density at radius 3 is 2.63 bits per heavy atom. The van der Waals surface area contributed by atoms with Gasteiger partial charge in [-0.15, -0.1) is 0 Å². The van der Waals surface area contributed by atoms with Gasteiger partial charge in [0.05, 0.1) is 30.6 Å². The fraction of sp³-hybridized carbons (Fsp3) is 0.524. The van der Waals surface area contributed by atoms with Gasteiger partial charge in [-0.25, -0.2) is 5.43 Å². The number of allylic oxidation sites excluding steroid dienone is 1. The Labute approximate surface area is 161 Å². The quantitative estimate of drug-likeness (QED) is 0.880.